The summed E-state index contributed by atoms with van der Waals surface area (Å²) in [7, 11) is 4.29. The van der Waals surface area contributed by atoms with Gasteiger partial charge < -0.3 is 23.9 Å². The third-order valence-corrected chi connectivity index (χ3v) is 4.06. The Bertz CT molecular complexity index is 937. The molecule has 2 aromatic heterocycles. The van der Waals surface area contributed by atoms with Crippen molar-refractivity contribution in [2.45, 2.75) is 6.54 Å². The normalized spacial score (nSPS) is 10.5. The van der Waals surface area contributed by atoms with E-state index in [1.165, 1.54) is 27.4 Å². The first-order valence-corrected chi connectivity index (χ1v) is 8.06. The van der Waals surface area contributed by atoms with Crippen molar-refractivity contribution >= 4 is 5.97 Å². The van der Waals surface area contributed by atoms with E-state index in [0.29, 0.717) is 23.6 Å². The molecule has 1 aromatic carbocycles. The number of benzene rings is 1. The number of aromatic carboxylic acids is 1. The van der Waals surface area contributed by atoms with Gasteiger partial charge >= 0.3 is 5.97 Å². The van der Waals surface area contributed by atoms with Crippen LogP contribution in [0.2, 0.25) is 0 Å². The monoisotopic (exact) mass is 369 g/mol. The molecule has 0 saturated carbocycles. The van der Waals surface area contributed by atoms with Crippen molar-refractivity contribution in [2.24, 2.45) is 0 Å². The fraction of sp³-hybridized carbons (Fsp3) is 0.211. The summed E-state index contributed by atoms with van der Waals surface area (Å²) >= 11 is 0. The number of carbonyl (C=O) groups is 1. The summed E-state index contributed by atoms with van der Waals surface area (Å²) < 4.78 is 18.0. The fourth-order valence-electron chi connectivity index (χ4n) is 2.83. The molecule has 8 heteroatoms. The number of rotatable bonds is 7. The minimum absolute atomic E-state index is 0.0329. The van der Waals surface area contributed by atoms with Crippen molar-refractivity contribution in [1.29, 1.82) is 0 Å². The quantitative estimate of drug-likeness (QED) is 0.684. The lowest BCUT2D eigenvalue weighted by Crippen LogP contribution is -2.06. The van der Waals surface area contributed by atoms with Gasteiger partial charge in [-0.1, -0.05) is 6.07 Å². The lowest BCUT2D eigenvalue weighted by atomic mass is 10.0. The van der Waals surface area contributed by atoms with Gasteiger partial charge in [-0.3, -0.25) is 4.98 Å². The molecule has 0 aliphatic carbocycles. The van der Waals surface area contributed by atoms with Gasteiger partial charge in [0.2, 0.25) is 5.75 Å². The van der Waals surface area contributed by atoms with E-state index in [2.05, 4.69) is 9.97 Å². The van der Waals surface area contributed by atoms with E-state index in [4.69, 9.17) is 14.2 Å². The number of nitrogens with zero attached hydrogens (tertiary/aromatic N) is 3. The number of carboxylic acids is 1. The molecule has 0 spiro atoms. The zero-order valence-electron chi connectivity index (χ0n) is 15.2. The Morgan fingerprint density at radius 1 is 1.11 bits per heavy atom. The van der Waals surface area contributed by atoms with Crippen LogP contribution < -0.4 is 14.2 Å². The predicted octanol–water partition coefficient (Wildman–Crippen LogP) is 2.72. The van der Waals surface area contributed by atoms with Crippen LogP contribution in [0.25, 0.3) is 11.3 Å². The van der Waals surface area contributed by atoms with Gasteiger partial charge in [0.25, 0.3) is 0 Å². The Balaban J connectivity index is 2.07. The first kappa shape index (κ1) is 18.2. The number of ether oxygens (including phenoxy) is 3. The molecule has 140 valence electrons. The van der Waals surface area contributed by atoms with Crippen LogP contribution in [-0.4, -0.2) is 46.9 Å². The van der Waals surface area contributed by atoms with E-state index < -0.39 is 5.97 Å². The summed E-state index contributed by atoms with van der Waals surface area (Å²) in [5, 5.41) is 9.53. The Labute approximate surface area is 156 Å². The molecule has 0 atom stereocenters. The number of aromatic nitrogens is 3. The van der Waals surface area contributed by atoms with E-state index in [1.54, 1.807) is 18.7 Å². The average Bonchev–Trinajstić information content (AvgIpc) is 3.19. The van der Waals surface area contributed by atoms with E-state index in [1.807, 2.05) is 22.9 Å². The third-order valence-electron chi connectivity index (χ3n) is 4.06. The highest BCUT2D eigenvalue weighted by Crippen LogP contribution is 2.46. The fourth-order valence-corrected chi connectivity index (χ4v) is 2.83. The maximum absolute atomic E-state index is 11.7. The van der Waals surface area contributed by atoms with Crippen LogP contribution in [0, 0.1) is 0 Å². The Morgan fingerprint density at radius 2 is 1.85 bits per heavy atom. The van der Waals surface area contributed by atoms with Crippen molar-refractivity contribution < 1.29 is 24.1 Å². The topological polar surface area (TPSA) is 95.7 Å². The summed E-state index contributed by atoms with van der Waals surface area (Å²) in [6.45, 7) is 0.636. The summed E-state index contributed by atoms with van der Waals surface area (Å²) in [6.07, 6.45) is 7.03. The van der Waals surface area contributed by atoms with Crippen molar-refractivity contribution in [3.63, 3.8) is 0 Å². The molecule has 0 fully saturated rings. The third kappa shape index (κ3) is 3.55. The molecule has 0 bridgehead atoms. The van der Waals surface area contributed by atoms with Crippen LogP contribution >= 0.6 is 0 Å². The lowest BCUT2D eigenvalue weighted by molar-refractivity contribution is 0.0692. The molecular weight excluding hydrogens is 350 g/mol. The highest BCUT2D eigenvalue weighted by Gasteiger charge is 2.25. The van der Waals surface area contributed by atoms with Gasteiger partial charge in [-0.2, -0.15) is 0 Å². The number of methoxy groups -OCH3 is 3. The molecule has 0 unspecified atom stereocenters. The molecule has 0 saturated heterocycles. The summed E-state index contributed by atoms with van der Waals surface area (Å²) in [6, 6.07) is 5.20. The van der Waals surface area contributed by atoms with Gasteiger partial charge in [0.1, 0.15) is 5.56 Å². The minimum atomic E-state index is -1.13. The molecule has 0 aliphatic rings. The Kier molecular flexibility index (Phi) is 5.25. The van der Waals surface area contributed by atoms with Crippen LogP contribution in [-0.2, 0) is 6.54 Å². The number of hydrogen-bond donors (Lipinski definition) is 1. The highest BCUT2D eigenvalue weighted by molar-refractivity contribution is 5.95. The summed E-state index contributed by atoms with van der Waals surface area (Å²) in [4.78, 5) is 20.1. The standard InChI is InChI=1S/C19H19N3O5/c1-25-16-13(8-14(19(23)24)17(26-2)18(16)27-3)15-5-4-12(9-21-15)10-22-7-6-20-11-22/h4-9,11H,10H2,1-3H3,(H,23,24). The van der Waals surface area contributed by atoms with Crippen LogP contribution in [0.1, 0.15) is 15.9 Å². The number of carboxylic acid groups (broad SMARTS) is 1. The molecule has 0 amide bonds. The number of hydrogen-bond acceptors (Lipinski definition) is 6. The van der Waals surface area contributed by atoms with Gasteiger partial charge in [0.05, 0.1) is 33.4 Å². The van der Waals surface area contributed by atoms with Crippen molar-refractivity contribution in [1.82, 2.24) is 14.5 Å². The van der Waals surface area contributed by atoms with Gasteiger partial charge in [-0.15, -0.1) is 0 Å². The van der Waals surface area contributed by atoms with E-state index in [9.17, 15) is 9.90 Å². The van der Waals surface area contributed by atoms with Crippen LogP contribution in [0.4, 0.5) is 0 Å². The predicted molar refractivity (Wildman–Crippen MR) is 97.6 cm³/mol. The molecule has 2 heterocycles. The minimum Gasteiger partial charge on any atom is -0.492 e. The molecule has 3 rings (SSSR count). The lowest BCUT2D eigenvalue weighted by Gasteiger charge is -2.17. The van der Waals surface area contributed by atoms with Crippen molar-refractivity contribution in [3.05, 3.63) is 54.2 Å². The van der Waals surface area contributed by atoms with Crippen molar-refractivity contribution in [3.8, 4) is 28.5 Å². The van der Waals surface area contributed by atoms with E-state index >= 15 is 0 Å². The summed E-state index contributed by atoms with van der Waals surface area (Å²) in [5.74, 6) is -0.471. The van der Waals surface area contributed by atoms with E-state index in [-0.39, 0.29) is 17.1 Å². The van der Waals surface area contributed by atoms with Gasteiger partial charge in [0, 0.05) is 30.7 Å². The molecule has 0 aliphatic heterocycles. The van der Waals surface area contributed by atoms with Crippen LogP contribution in [0.5, 0.6) is 17.2 Å². The first-order valence-electron chi connectivity index (χ1n) is 8.06. The summed E-state index contributed by atoms with van der Waals surface area (Å²) in [5.41, 5.74) is 2.01. The zero-order valence-corrected chi connectivity index (χ0v) is 15.2. The van der Waals surface area contributed by atoms with Gasteiger partial charge in [-0.05, 0) is 17.7 Å². The van der Waals surface area contributed by atoms with Gasteiger partial charge in [-0.25, -0.2) is 9.78 Å². The Hall–Kier alpha value is -3.55. The average molecular weight is 369 g/mol. The maximum atomic E-state index is 11.7. The largest absolute Gasteiger partial charge is 0.492 e. The van der Waals surface area contributed by atoms with E-state index in [0.717, 1.165) is 5.56 Å². The SMILES string of the molecule is COc1c(C(=O)O)cc(-c2ccc(Cn3ccnc3)cn2)c(OC)c1OC. The van der Waals surface area contributed by atoms with Crippen LogP contribution in [0.3, 0.4) is 0 Å². The molecule has 3 aromatic rings. The molecule has 0 radical (unpaired) electrons. The molecule has 1 N–H and O–H groups in total. The second kappa shape index (κ2) is 7.77. The zero-order chi connectivity index (χ0) is 19.4. The van der Waals surface area contributed by atoms with Crippen molar-refractivity contribution in [2.75, 3.05) is 21.3 Å². The highest BCUT2D eigenvalue weighted by atomic mass is 16.5. The van der Waals surface area contributed by atoms with Gasteiger partial charge in [0.15, 0.2) is 11.5 Å². The smallest absolute Gasteiger partial charge is 0.339 e. The second-order valence-corrected chi connectivity index (χ2v) is 5.66. The first-order chi connectivity index (χ1) is 13.1. The number of imidazole rings is 1. The molecule has 27 heavy (non-hydrogen) atoms. The Morgan fingerprint density at radius 3 is 2.37 bits per heavy atom. The van der Waals surface area contributed by atoms with Crippen LogP contribution in [0.15, 0.2) is 43.1 Å². The number of pyridine rings is 1. The second-order valence-electron chi connectivity index (χ2n) is 5.66. The maximum Gasteiger partial charge on any atom is 0.339 e. The molecular formula is C19H19N3O5. The molecule has 8 nitrogen and oxygen atoms in total.